The first-order valence-corrected chi connectivity index (χ1v) is 46.4. The second-order valence-corrected chi connectivity index (χ2v) is 38.1. The molecule has 726 valence electrons. The van der Waals surface area contributed by atoms with Crippen molar-refractivity contribution in [1.29, 1.82) is 0 Å². The number of aliphatic imine (C=N–C) groups is 2. The molecule has 2 saturated carbocycles. The number of hydrogen-bond donors (Lipinski definition) is 15. The van der Waals surface area contributed by atoms with E-state index in [2.05, 4.69) is 46.9 Å². The average molecular weight is 1820 g/mol. The zero-order valence-electron chi connectivity index (χ0n) is 78.7. The molecule has 36 heteroatoms. The van der Waals surface area contributed by atoms with Crippen molar-refractivity contribution in [3.8, 4) is 0 Å². The number of pyridine rings is 1. The van der Waals surface area contributed by atoms with Gasteiger partial charge in [0.2, 0.25) is 53.2 Å². The lowest BCUT2D eigenvalue weighted by Gasteiger charge is -2.33. The number of nitrogens with two attached hydrogens (primary N) is 7. The maximum absolute atomic E-state index is 15.0. The smallest absolute Gasteiger partial charge is 0.229 e. The van der Waals surface area contributed by atoms with Crippen molar-refractivity contribution in [3.05, 3.63) is 30.1 Å². The van der Waals surface area contributed by atoms with Gasteiger partial charge in [0.1, 0.15) is 11.8 Å². The van der Waals surface area contributed by atoms with Crippen LogP contribution in [0, 0.1) is 57.7 Å². The summed E-state index contributed by atoms with van der Waals surface area (Å²) in [5, 5.41) is 37.0. The summed E-state index contributed by atoms with van der Waals surface area (Å²) in [5.41, 5.74) is 35.6. The average Bonchev–Trinajstić information content (AvgIpc) is 1.66. The number of likely N-dealkylation sites (tertiary alicyclic amines) is 1. The van der Waals surface area contributed by atoms with Crippen LogP contribution in [0.1, 0.15) is 301 Å². The number of amides is 9. The highest BCUT2D eigenvalue weighted by Crippen LogP contribution is 2.36. The molecular formula is C93H155N17O19. The minimum atomic E-state index is -1.42. The van der Waals surface area contributed by atoms with Gasteiger partial charge in [-0.15, -0.1) is 0 Å². The van der Waals surface area contributed by atoms with E-state index in [4.69, 9.17) is 40.1 Å². The van der Waals surface area contributed by atoms with Crippen LogP contribution in [0.25, 0.3) is 0 Å². The number of guanidine groups is 2. The number of Topliss-reactive ketones (excluding diaryl/α,β-unsaturated/α-hetero) is 8. The zero-order chi connectivity index (χ0) is 97.1. The number of aliphatic hydroxyl groups excluding tert-OH is 2. The summed E-state index contributed by atoms with van der Waals surface area (Å²) in [6.45, 7) is 20.0. The van der Waals surface area contributed by atoms with E-state index in [9.17, 15) is 91.7 Å². The Kier molecular flexibility index (Phi) is 50.4. The Hall–Kier alpha value is -9.84. The molecule has 0 radical (unpaired) electrons. The maximum Gasteiger partial charge on any atom is 0.229 e. The lowest BCUT2D eigenvalue weighted by Crippen LogP contribution is -2.53. The molecule has 3 fully saturated rings. The molecular weight excluding hydrogens is 1660 g/mol. The number of primary amides is 2. The second kappa shape index (κ2) is 57.4. The van der Waals surface area contributed by atoms with E-state index in [0.29, 0.717) is 69.4 Å². The monoisotopic (exact) mass is 1810 g/mol. The van der Waals surface area contributed by atoms with Gasteiger partial charge in [0.25, 0.3) is 0 Å². The number of rotatable bonds is 60. The molecule has 0 spiro atoms. The predicted molar refractivity (Wildman–Crippen MR) is 489 cm³/mol. The second-order valence-electron chi connectivity index (χ2n) is 38.1. The van der Waals surface area contributed by atoms with Crippen LogP contribution in [0.2, 0.25) is 0 Å². The van der Waals surface area contributed by atoms with E-state index >= 15 is 0 Å². The third-order valence-corrected chi connectivity index (χ3v) is 24.9. The minimum Gasteiger partial charge on any atom is -0.396 e. The van der Waals surface area contributed by atoms with Crippen molar-refractivity contribution in [2.45, 2.75) is 350 Å². The Bertz CT molecular complexity index is 3940. The summed E-state index contributed by atoms with van der Waals surface area (Å²) in [7, 11) is 0. The number of carbonyl (C=O) groups is 17. The number of nitrogens with zero attached hydrogens (tertiary/aromatic N) is 4. The van der Waals surface area contributed by atoms with Gasteiger partial charge in [0.15, 0.2) is 52.4 Å². The molecule has 2 heterocycles. The maximum atomic E-state index is 15.0. The standard InChI is InChI=1S/C64H102N8O14.C29H53N9O5/c1-11-50(76)56(40(4)75)71-60(85)63(8,9)36-53(79)46(21-16-17-25-65)68-58(83)44(34-55(66)81)33-52(78)48(35-62(5,6)7)69-57(82)43(30-41-19-14-13-15-20-41)32-51(77)47(31-42-23-26-67-27-24-42)70-61(86)64(10,12-2)37-54(80)49-22-18-28-72(49)59(84)45(38-73)29-39(3)74;1-18(8-6-14-35-28(31)32)26(42)37-22(12-13-25(30)41)24(40)17-21(11-7-15-36-29(33)34)27(43)38-23(19(2)39)16-20-9-4-3-5-10-20/h23-24,26-27,40-41,43-49,56,73,75H,11-22,25,28-38,65H2,1-10H3,(H2,66,81)(H,68,83)(H,69,82)(H,70,86)(H,71,85);18,20-23H,3-17H2,1-2H3,(H2,30,41)(H,37,42)(H,38,43)(H4,31,32,35)(H4,33,34,36)/t40-,43-,44+,45+,46+,47+,48+,49-,56+,64-;18-,21+,22-,23-/m10/s1. The summed E-state index contributed by atoms with van der Waals surface area (Å²) in [5.74, 6) is -13.1. The highest BCUT2D eigenvalue weighted by Gasteiger charge is 2.45. The summed E-state index contributed by atoms with van der Waals surface area (Å²) in [6.07, 6.45) is 13.8. The molecule has 4 rings (SSSR count). The Morgan fingerprint density at radius 2 is 1.04 bits per heavy atom. The number of aliphatic hydroxyl groups is 2. The van der Waals surface area contributed by atoms with E-state index in [-0.39, 0.29) is 144 Å². The molecule has 1 aliphatic heterocycles. The van der Waals surface area contributed by atoms with Gasteiger partial charge in [-0.25, -0.2) is 0 Å². The minimum absolute atomic E-state index is 0.000712. The Labute approximate surface area is 761 Å². The van der Waals surface area contributed by atoms with E-state index in [1.807, 2.05) is 20.8 Å². The van der Waals surface area contributed by atoms with Crippen LogP contribution >= 0.6 is 0 Å². The SMILES string of the molecule is CC(=O)[C@H](CC1CCCCC1)NC(=O)[C@H](CCCN=C(N)N)CC(=O)[C@H](CCC(N)=O)NC(=O)[C@@H](C)CCCN=C(N)N.CCC(=O)[C@@H](NC(=O)C(C)(C)CC(=O)[C@H](CCCCN)NC(=O)[C@H](CC(N)=O)CC(=O)[C@H](CC(C)(C)C)NC(=O)[C@@H](CC(=O)[C@H](Cc1ccncc1)NC(=O)[C@](C)(CC)CC(=O)[C@H]1CCCN1C(=O)[C@H](CO)CC(C)=O)CC1CCCCC1)[C@@H](C)O. The van der Waals surface area contributed by atoms with E-state index in [0.717, 1.165) is 57.8 Å². The van der Waals surface area contributed by atoms with Crippen LogP contribution in [-0.4, -0.2) is 213 Å². The van der Waals surface area contributed by atoms with Crippen molar-refractivity contribution in [2.24, 2.45) is 108 Å². The largest absolute Gasteiger partial charge is 0.396 e. The number of hydrogen-bond acceptors (Lipinski definition) is 23. The first-order chi connectivity index (χ1) is 60.6. The molecule has 1 saturated heterocycles. The molecule has 0 aromatic carbocycles. The highest BCUT2D eigenvalue weighted by atomic mass is 16.3. The van der Waals surface area contributed by atoms with E-state index in [1.165, 1.54) is 45.9 Å². The molecule has 22 N–H and O–H groups in total. The van der Waals surface area contributed by atoms with Gasteiger partial charge < -0.3 is 91.9 Å². The molecule has 36 nitrogen and oxygen atoms in total. The molecule has 3 aliphatic rings. The first kappa shape index (κ1) is 113. The number of carbonyl (C=O) groups excluding carboxylic acids is 17. The van der Waals surface area contributed by atoms with Crippen molar-refractivity contribution >= 4 is 111 Å². The highest BCUT2D eigenvalue weighted by molar-refractivity contribution is 6.01. The van der Waals surface area contributed by atoms with Gasteiger partial charge in [-0.1, -0.05) is 127 Å². The molecule has 2 aliphatic carbocycles. The van der Waals surface area contributed by atoms with Crippen molar-refractivity contribution in [2.75, 3.05) is 32.8 Å². The van der Waals surface area contributed by atoms with Crippen LogP contribution < -0.4 is 72.0 Å². The van der Waals surface area contributed by atoms with Gasteiger partial charge in [-0.05, 0) is 159 Å². The third-order valence-electron chi connectivity index (χ3n) is 24.9. The Morgan fingerprint density at radius 3 is 1.57 bits per heavy atom. The normalized spacial score (nSPS) is 17.6. The Morgan fingerprint density at radius 1 is 0.519 bits per heavy atom. The van der Waals surface area contributed by atoms with Crippen molar-refractivity contribution < 1.29 is 91.7 Å². The lowest BCUT2D eigenvalue weighted by atomic mass is 9.78. The van der Waals surface area contributed by atoms with Crippen molar-refractivity contribution in [3.63, 3.8) is 0 Å². The number of aromatic nitrogens is 1. The summed E-state index contributed by atoms with van der Waals surface area (Å²) in [4.78, 5) is 243. The summed E-state index contributed by atoms with van der Waals surface area (Å²) < 4.78 is 0. The molecule has 1 aromatic heterocycles. The molecule has 0 bridgehead atoms. The summed E-state index contributed by atoms with van der Waals surface area (Å²) >= 11 is 0. The zero-order valence-corrected chi connectivity index (χ0v) is 78.7. The number of ketones is 8. The fourth-order valence-electron chi connectivity index (χ4n) is 16.9. The van der Waals surface area contributed by atoms with Crippen molar-refractivity contribution in [1.82, 2.24) is 41.8 Å². The topological polar surface area (TPSA) is 626 Å². The quantitative estimate of drug-likeness (QED) is 0.0242. The third kappa shape index (κ3) is 42.3. The predicted octanol–water partition coefficient (Wildman–Crippen LogP) is 4.52. The lowest BCUT2D eigenvalue weighted by molar-refractivity contribution is -0.145. The van der Waals surface area contributed by atoms with Crippen LogP contribution in [0.15, 0.2) is 34.5 Å². The van der Waals surface area contributed by atoms with Gasteiger partial charge in [0, 0.05) is 108 Å². The van der Waals surface area contributed by atoms with Crippen LogP contribution in [0.4, 0.5) is 0 Å². The van der Waals surface area contributed by atoms with Crippen LogP contribution in [-0.2, 0) is 87.9 Å². The fourth-order valence-corrected chi connectivity index (χ4v) is 16.9. The van der Waals surface area contributed by atoms with Gasteiger partial charge in [-0.2, -0.15) is 0 Å². The van der Waals surface area contributed by atoms with Crippen LogP contribution in [0.3, 0.4) is 0 Å². The molecule has 1 aromatic rings. The Balaban J connectivity index is 0.000000834. The van der Waals surface area contributed by atoms with Crippen LogP contribution in [0.5, 0.6) is 0 Å². The molecule has 0 unspecified atom stereocenters. The first-order valence-electron chi connectivity index (χ1n) is 46.4. The molecule has 14 atom stereocenters. The molecule has 9 amide bonds. The number of nitrogens with one attached hydrogen (secondary N) is 6. The van der Waals surface area contributed by atoms with Gasteiger partial charge >= 0.3 is 0 Å². The van der Waals surface area contributed by atoms with E-state index in [1.54, 1.807) is 52.2 Å². The van der Waals surface area contributed by atoms with Gasteiger partial charge in [0.05, 0.1) is 71.6 Å². The van der Waals surface area contributed by atoms with Gasteiger partial charge in [-0.3, -0.25) is 91.7 Å². The number of unbranched alkanes of at least 4 members (excludes halogenated alkanes) is 1. The summed E-state index contributed by atoms with van der Waals surface area (Å²) in [6, 6.07) is -3.97. The fraction of sp³-hybridized carbons (Fsp3) is 0.742. The van der Waals surface area contributed by atoms with E-state index < -0.39 is 196 Å². The molecule has 129 heavy (non-hydrogen) atoms.